The Kier molecular flexibility index (Phi) is 10.2. The molecule has 2 heteroatoms. The van der Waals surface area contributed by atoms with E-state index in [1.165, 1.54) is 89.9 Å². The van der Waals surface area contributed by atoms with Gasteiger partial charge in [0.15, 0.2) is 0 Å². The standard InChI is InChI=1S/C29H54O2/c1-6-8-15-29(5,21-30-20-25-12-13-27-28(19-25)31-27)16-14-22(3)17-24-11-10-23(4)26(18-24)9-7-2/h22-28H,6-21H2,1-5H3. The summed E-state index contributed by atoms with van der Waals surface area (Å²) in [5.74, 6) is 4.55. The van der Waals surface area contributed by atoms with E-state index in [2.05, 4.69) is 34.6 Å². The van der Waals surface area contributed by atoms with Gasteiger partial charge in [-0.1, -0.05) is 79.6 Å². The molecule has 0 aromatic rings. The monoisotopic (exact) mass is 434 g/mol. The third-order valence-electron chi connectivity index (χ3n) is 9.16. The molecular weight excluding hydrogens is 380 g/mol. The molecule has 3 fully saturated rings. The first kappa shape index (κ1) is 25.5. The molecule has 0 aromatic heterocycles. The first-order valence-corrected chi connectivity index (χ1v) is 14.2. The highest BCUT2D eigenvalue weighted by molar-refractivity contribution is 4.91. The van der Waals surface area contributed by atoms with E-state index < -0.39 is 0 Å². The normalized spacial score (nSPS) is 35.9. The van der Waals surface area contributed by atoms with Gasteiger partial charge in [0.25, 0.3) is 0 Å². The Morgan fingerprint density at radius 1 is 0.968 bits per heavy atom. The molecule has 0 aromatic carbocycles. The Bertz CT molecular complexity index is 505. The molecule has 0 N–H and O–H groups in total. The summed E-state index contributed by atoms with van der Waals surface area (Å²) in [6.45, 7) is 14.2. The summed E-state index contributed by atoms with van der Waals surface area (Å²) in [6.07, 6.45) is 20.4. The van der Waals surface area contributed by atoms with E-state index >= 15 is 0 Å². The van der Waals surface area contributed by atoms with Gasteiger partial charge in [0, 0.05) is 6.61 Å². The van der Waals surface area contributed by atoms with Crippen LogP contribution in [0.15, 0.2) is 0 Å². The Morgan fingerprint density at radius 2 is 1.77 bits per heavy atom. The number of fused-ring (bicyclic) bond motifs is 1. The van der Waals surface area contributed by atoms with E-state index in [4.69, 9.17) is 9.47 Å². The lowest BCUT2D eigenvalue weighted by molar-refractivity contribution is 0.0146. The summed E-state index contributed by atoms with van der Waals surface area (Å²) >= 11 is 0. The Hall–Kier alpha value is -0.0800. The summed E-state index contributed by atoms with van der Waals surface area (Å²) in [6, 6.07) is 0. The molecule has 2 aliphatic carbocycles. The quantitative estimate of drug-likeness (QED) is 0.256. The van der Waals surface area contributed by atoms with Gasteiger partial charge >= 0.3 is 0 Å². The zero-order valence-corrected chi connectivity index (χ0v) is 21.7. The topological polar surface area (TPSA) is 21.8 Å². The molecule has 8 atom stereocenters. The van der Waals surface area contributed by atoms with Crippen molar-refractivity contribution >= 4 is 0 Å². The van der Waals surface area contributed by atoms with Crippen LogP contribution in [0.3, 0.4) is 0 Å². The minimum Gasteiger partial charge on any atom is -0.381 e. The number of hydrogen-bond donors (Lipinski definition) is 0. The zero-order valence-electron chi connectivity index (χ0n) is 21.7. The summed E-state index contributed by atoms with van der Waals surface area (Å²) in [5, 5.41) is 0. The predicted molar refractivity (Wildman–Crippen MR) is 132 cm³/mol. The maximum absolute atomic E-state index is 6.38. The van der Waals surface area contributed by atoms with E-state index in [1.54, 1.807) is 0 Å². The van der Waals surface area contributed by atoms with Crippen molar-refractivity contribution in [2.75, 3.05) is 13.2 Å². The average molecular weight is 435 g/mol. The van der Waals surface area contributed by atoms with E-state index in [0.717, 1.165) is 42.8 Å². The highest BCUT2D eigenvalue weighted by atomic mass is 16.6. The first-order valence-electron chi connectivity index (χ1n) is 14.2. The van der Waals surface area contributed by atoms with Gasteiger partial charge in [-0.2, -0.15) is 0 Å². The SMILES string of the molecule is CCCCC(C)(CCC(C)CC1CCC(C)C(CCC)C1)COCC1CCC2OC2C1. The third kappa shape index (κ3) is 8.33. The van der Waals surface area contributed by atoms with E-state index in [9.17, 15) is 0 Å². The van der Waals surface area contributed by atoms with Crippen molar-refractivity contribution in [2.45, 2.75) is 137 Å². The highest BCUT2D eigenvalue weighted by Crippen LogP contribution is 2.41. The van der Waals surface area contributed by atoms with Crippen molar-refractivity contribution in [3.8, 4) is 0 Å². The highest BCUT2D eigenvalue weighted by Gasteiger charge is 2.43. The van der Waals surface area contributed by atoms with Crippen LogP contribution in [0, 0.1) is 35.0 Å². The second-order valence-electron chi connectivity index (χ2n) is 12.4. The van der Waals surface area contributed by atoms with Crippen LogP contribution in [-0.4, -0.2) is 25.4 Å². The molecule has 0 amide bonds. The maximum atomic E-state index is 6.38. The van der Waals surface area contributed by atoms with Crippen LogP contribution in [0.5, 0.6) is 0 Å². The molecule has 1 saturated heterocycles. The Morgan fingerprint density at radius 3 is 2.52 bits per heavy atom. The van der Waals surface area contributed by atoms with Gasteiger partial charge in [0.2, 0.25) is 0 Å². The van der Waals surface area contributed by atoms with Gasteiger partial charge in [-0.15, -0.1) is 0 Å². The molecule has 1 aliphatic heterocycles. The lowest BCUT2D eigenvalue weighted by atomic mass is 9.70. The van der Waals surface area contributed by atoms with E-state index in [-0.39, 0.29) is 0 Å². The fraction of sp³-hybridized carbons (Fsp3) is 1.00. The van der Waals surface area contributed by atoms with Gasteiger partial charge in [-0.25, -0.2) is 0 Å². The van der Waals surface area contributed by atoms with Gasteiger partial charge in [-0.05, 0) is 80.0 Å². The smallest absolute Gasteiger partial charge is 0.0845 e. The number of unbranched alkanes of at least 4 members (excludes halogenated alkanes) is 1. The van der Waals surface area contributed by atoms with Crippen molar-refractivity contribution in [3.05, 3.63) is 0 Å². The largest absolute Gasteiger partial charge is 0.381 e. The van der Waals surface area contributed by atoms with E-state index in [0.29, 0.717) is 17.6 Å². The van der Waals surface area contributed by atoms with Gasteiger partial charge < -0.3 is 9.47 Å². The average Bonchev–Trinajstić information content (AvgIpc) is 3.52. The predicted octanol–water partition coefficient (Wildman–Crippen LogP) is 8.43. The number of epoxide rings is 1. The number of rotatable bonds is 14. The summed E-state index contributed by atoms with van der Waals surface area (Å²) < 4.78 is 12.1. The molecule has 2 saturated carbocycles. The van der Waals surface area contributed by atoms with Gasteiger partial charge in [0.05, 0.1) is 18.8 Å². The van der Waals surface area contributed by atoms with Crippen LogP contribution >= 0.6 is 0 Å². The van der Waals surface area contributed by atoms with Crippen LogP contribution < -0.4 is 0 Å². The maximum Gasteiger partial charge on any atom is 0.0845 e. The lowest BCUT2D eigenvalue weighted by Gasteiger charge is -2.36. The molecule has 3 aliphatic rings. The Balaban J connectivity index is 1.39. The van der Waals surface area contributed by atoms with Crippen molar-refractivity contribution in [2.24, 2.45) is 35.0 Å². The molecule has 0 spiro atoms. The molecule has 8 unspecified atom stereocenters. The van der Waals surface area contributed by atoms with Crippen LogP contribution in [-0.2, 0) is 9.47 Å². The molecular formula is C29H54O2. The van der Waals surface area contributed by atoms with E-state index in [1.807, 2.05) is 0 Å². The Labute approximate surface area is 194 Å². The van der Waals surface area contributed by atoms with Crippen molar-refractivity contribution < 1.29 is 9.47 Å². The molecule has 0 bridgehead atoms. The van der Waals surface area contributed by atoms with Crippen molar-refractivity contribution in [1.29, 1.82) is 0 Å². The molecule has 3 rings (SSSR count). The van der Waals surface area contributed by atoms with Crippen LogP contribution in [0.25, 0.3) is 0 Å². The number of ether oxygens (including phenoxy) is 2. The molecule has 182 valence electrons. The fourth-order valence-electron chi connectivity index (χ4n) is 6.76. The van der Waals surface area contributed by atoms with Crippen LogP contribution in [0.4, 0.5) is 0 Å². The van der Waals surface area contributed by atoms with Crippen molar-refractivity contribution in [3.63, 3.8) is 0 Å². The second kappa shape index (κ2) is 12.4. The van der Waals surface area contributed by atoms with Gasteiger partial charge in [-0.3, -0.25) is 0 Å². The molecule has 31 heavy (non-hydrogen) atoms. The molecule has 1 heterocycles. The summed E-state index contributed by atoms with van der Waals surface area (Å²) in [7, 11) is 0. The molecule has 0 radical (unpaired) electrons. The minimum absolute atomic E-state index is 0.364. The number of hydrogen-bond acceptors (Lipinski definition) is 2. The fourth-order valence-corrected chi connectivity index (χ4v) is 6.76. The zero-order chi connectivity index (χ0) is 22.3. The van der Waals surface area contributed by atoms with Gasteiger partial charge in [0.1, 0.15) is 0 Å². The molecule has 2 nitrogen and oxygen atoms in total. The lowest BCUT2D eigenvalue weighted by Crippen LogP contribution is -2.28. The first-order chi connectivity index (χ1) is 14.9. The second-order valence-corrected chi connectivity index (χ2v) is 12.4. The summed E-state index contributed by atoms with van der Waals surface area (Å²) in [4.78, 5) is 0. The van der Waals surface area contributed by atoms with Crippen molar-refractivity contribution in [1.82, 2.24) is 0 Å². The summed E-state index contributed by atoms with van der Waals surface area (Å²) in [5.41, 5.74) is 0.364. The minimum atomic E-state index is 0.364. The van der Waals surface area contributed by atoms with Crippen LogP contribution in [0.2, 0.25) is 0 Å². The third-order valence-corrected chi connectivity index (χ3v) is 9.16. The van der Waals surface area contributed by atoms with Crippen LogP contribution in [0.1, 0.15) is 125 Å².